The smallest absolute Gasteiger partial charge is 0.335 e. The standard InChI is InChI=1S/C19H27NO4/c1-2-24-12-11-19(9-5-6-10-19)14-20-17(21)13-15-7-3-4-8-16(15)18(22)23/h3-4,7-8H,2,5-6,9-14H2,1H3,(H,20,21)(H,22,23). The van der Waals surface area contributed by atoms with E-state index in [0.717, 1.165) is 25.9 Å². The fourth-order valence-electron chi connectivity index (χ4n) is 3.48. The number of carboxylic acid groups (broad SMARTS) is 1. The van der Waals surface area contributed by atoms with Crippen molar-refractivity contribution >= 4 is 11.9 Å². The zero-order valence-electron chi connectivity index (χ0n) is 14.3. The van der Waals surface area contributed by atoms with E-state index < -0.39 is 5.97 Å². The van der Waals surface area contributed by atoms with Gasteiger partial charge < -0.3 is 15.2 Å². The van der Waals surface area contributed by atoms with Crippen LogP contribution in [0.25, 0.3) is 0 Å². The molecule has 0 spiro atoms. The van der Waals surface area contributed by atoms with Crippen molar-refractivity contribution in [1.29, 1.82) is 0 Å². The van der Waals surface area contributed by atoms with Gasteiger partial charge in [-0.3, -0.25) is 4.79 Å². The number of aromatic carboxylic acids is 1. The fourth-order valence-corrected chi connectivity index (χ4v) is 3.48. The van der Waals surface area contributed by atoms with Crippen molar-refractivity contribution in [2.45, 2.75) is 45.4 Å². The minimum absolute atomic E-state index is 0.101. The molecule has 1 saturated carbocycles. The monoisotopic (exact) mass is 333 g/mol. The zero-order chi connectivity index (χ0) is 17.4. The normalized spacial score (nSPS) is 16.0. The number of hydrogen-bond donors (Lipinski definition) is 2. The van der Waals surface area contributed by atoms with E-state index in [1.165, 1.54) is 18.9 Å². The Labute approximate surface area is 143 Å². The van der Waals surface area contributed by atoms with Gasteiger partial charge in [-0.05, 0) is 43.2 Å². The maximum absolute atomic E-state index is 12.3. The van der Waals surface area contributed by atoms with Crippen molar-refractivity contribution in [3.8, 4) is 0 Å². The number of carbonyl (C=O) groups is 2. The first-order chi connectivity index (χ1) is 11.6. The molecule has 1 amide bonds. The Morgan fingerprint density at radius 2 is 1.96 bits per heavy atom. The summed E-state index contributed by atoms with van der Waals surface area (Å²) < 4.78 is 5.49. The van der Waals surface area contributed by atoms with Gasteiger partial charge in [0.15, 0.2) is 0 Å². The average molecular weight is 333 g/mol. The topological polar surface area (TPSA) is 75.6 Å². The first-order valence-corrected chi connectivity index (χ1v) is 8.72. The molecule has 0 saturated heterocycles. The summed E-state index contributed by atoms with van der Waals surface area (Å²) in [6, 6.07) is 6.66. The molecule has 0 unspecified atom stereocenters. The number of benzene rings is 1. The molecule has 0 atom stereocenters. The quantitative estimate of drug-likeness (QED) is 0.681. The third-order valence-electron chi connectivity index (χ3n) is 4.90. The van der Waals surface area contributed by atoms with Gasteiger partial charge in [0, 0.05) is 19.8 Å². The van der Waals surface area contributed by atoms with Crippen LogP contribution in [0.1, 0.15) is 54.9 Å². The lowest BCUT2D eigenvalue weighted by atomic mass is 9.83. The van der Waals surface area contributed by atoms with Crippen molar-refractivity contribution in [2.75, 3.05) is 19.8 Å². The minimum Gasteiger partial charge on any atom is -0.478 e. The third kappa shape index (κ3) is 5.06. The molecule has 0 bridgehead atoms. The molecule has 132 valence electrons. The van der Waals surface area contributed by atoms with Crippen LogP contribution in [-0.2, 0) is 16.0 Å². The number of rotatable bonds is 9. The molecule has 2 N–H and O–H groups in total. The number of amides is 1. The van der Waals surface area contributed by atoms with E-state index in [9.17, 15) is 14.7 Å². The lowest BCUT2D eigenvalue weighted by Crippen LogP contribution is -2.37. The van der Waals surface area contributed by atoms with E-state index in [-0.39, 0.29) is 23.3 Å². The molecular formula is C19H27NO4. The van der Waals surface area contributed by atoms with E-state index >= 15 is 0 Å². The second kappa shape index (κ2) is 8.83. The zero-order valence-corrected chi connectivity index (χ0v) is 14.3. The van der Waals surface area contributed by atoms with E-state index in [0.29, 0.717) is 18.7 Å². The highest BCUT2D eigenvalue weighted by molar-refractivity contribution is 5.91. The summed E-state index contributed by atoms with van der Waals surface area (Å²) in [6.45, 7) is 4.08. The third-order valence-corrected chi connectivity index (χ3v) is 4.90. The highest BCUT2D eigenvalue weighted by atomic mass is 16.5. The van der Waals surface area contributed by atoms with E-state index in [1.54, 1.807) is 18.2 Å². The lowest BCUT2D eigenvalue weighted by molar-refractivity contribution is -0.121. The molecule has 1 fully saturated rings. The summed E-state index contributed by atoms with van der Waals surface area (Å²) in [4.78, 5) is 23.5. The molecule has 5 nitrogen and oxygen atoms in total. The second-order valence-corrected chi connectivity index (χ2v) is 6.57. The van der Waals surface area contributed by atoms with Crippen LogP contribution in [0.3, 0.4) is 0 Å². The average Bonchev–Trinajstić information content (AvgIpc) is 3.03. The number of ether oxygens (including phenoxy) is 1. The Bertz CT molecular complexity index is 564. The van der Waals surface area contributed by atoms with E-state index in [2.05, 4.69) is 5.32 Å². The van der Waals surface area contributed by atoms with Gasteiger partial charge in [0.05, 0.1) is 12.0 Å². The van der Waals surface area contributed by atoms with Gasteiger partial charge in [0.1, 0.15) is 0 Å². The van der Waals surface area contributed by atoms with Crippen molar-refractivity contribution in [3.63, 3.8) is 0 Å². The molecule has 0 heterocycles. The molecule has 0 aromatic heterocycles. The van der Waals surface area contributed by atoms with E-state index in [1.807, 2.05) is 6.92 Å². The SMILES string of the molecule is CCOCCC1(CNC(=O)Cc2ccccc2C(=O)O)CCCC1. The molecule has 24 heavy (non-hydrogen) atoms. The number of nitrogens with one attached hydrogen (secondary N) is 1. The van der Waals surface area contributed by atoms with Crippen LogP contribution >= 0.6 is 0 Å². The molecular weight excluding hydrogens is 306 g/mol. The van der Waals surface area contributed by atoms with Gasteiger partial charge in [-0.25, -0.2) is 4.79 Å². The molecule has 1 aliphatic carbocycles. The summed E-state index contributed by atoms with van der Waals surface area (Å²) in [6.07, 6.45) is 5.70. The predicted molar refractivity (Wildman–Crippen MR) is 92.1 cm³/mol. The molecule has 0 radical (unpaired) electrons. The van der Waals surface area contributed by atoms with Crippen LogP contribution in [-0.4, -0.2) is 36.7 Å². The summed E-state index contributed by atoms with van der Waals surface area (Å²) in [5, 5.41) is 12.2. The van der Waals surface area contributed by atoms with Crippen LogP contribution < -0.4 is 5.32 Å². The molecule has 1 aliphatic rings. The van der Waals surface area contributed by atoms with Gasteiger partial charge in [-0.2, -0.15) is 0 Å². The van der Waals surface area contributed by atoms with Crippen LogP contribution in [0, 0.1) is 5.41 Å². The Balaban J connectivity index is 1.91. The largest absolute Gasteiger partial charge is 0.478 e. The van der Waals surface area contributed by atoms with Gasteiger partial charge >= 0.3 is 5.97 Å². The molecule has 0 aliphatic heterocycles. The highest BCUT2D eigenvalue weighted by Crippen LogP contribution is 2.40. The predicted octanol–water partition coefficient (Wildman–Crippen LogP) is 3.03. The minimum atomic E-state index is -0.998. The van der Waals surface area contributed by atoms with E-state index in [4.69, 9.17) is 4.74 Å². The lowest BCUT2D eigenvalue weighted by Gasteiger charge is -2.29. The molecule has 1 aromatic carbocycles. The van der Waals surface area contributed by atoms with Crippen molar-refractivity contribution in [1.82, 2.24) is 5.32 Å². The summed E-state index contributed by atoms with van der Waals surface area (Å²) in [5.41, 5.74) is 0.883. The summed E-state index contributed by atoms with van der Waals surface area (Å²) >= 11 is 0. The Morgan fingerprint density at radius 1 is 1.25 bits per heavy atom. The second-order valence-electron chi connectivity index (χ2n) is 6.57. The van der Waals surface area contributed by atoms with Crippen LogP contribution in [0.4, 0.5) is 0 Å². The maximum atomic E-state index is 12.3. The number of carboxylic acids is 1. The number of carbonyl (C=O) groups excluding carboxylic acids is 1. The van der Waals surface area contributed by atoms with Crippen LogP contribution in [0.2, 0.25) is 0 Å². The van der Waals surface area contributed by atoms with Crippen LogP contribution in [0.5, 0.6) is 0 Å². The first-order valence-electron chi connectivity index (χ1n) is 8.72. The highest BCUT2D eigenvalue weighted by Gasteiger charge is 2.33. The molecule has 2 rings (SSSR count). The molecule has 5 heteroatoms. The van der Waals surface area contributed by atoms with Gasteiger partial charge in [-0.15, -0.1) is 0 Å². The first kappa shape index (κ1) is 18.5. The fraction of sp³-hybridized carbons (Fsp3) is 0.579. The van der Waals surface area contributed by atoms with Gasteiger partial charge in [0.25, 0.3) is 0 Å². The maximum Gasteiger partial charge on any atom is 0.335 e. The summed E-state index contributed by atoms with van der Waals surface area (Å²) in [5.74, 6) is -1.12. The molecule has 1 aromatic rings. The van der Waals surface area contributed by atoms with Gasteiger partial charge in [-0.1, -0.05) is 31.0 Å². The van der Waals surface area contributed by atoms with Crippen molar-refractivity contribution in [3.05, 3.63) is 35.4 Å². The Morgan fingerprint density at radius 3 is 2.62 bits per heavy atom. The number of hydrogen-bond acceptors (Lipinski definition) is 3. The van der Waals surface area contributed by atoms with Crippen LogP contribution in [0.15, 0.2) is 24.3 Å². The summed E-state index contributed by atoms with van der Waals surface area (Å²) in [7, 11) is 0. The van der Waals surface area contributed by atoms with Gasteiger partial charge in [0.2, 0.25) is 5.91 Å². The Kier molecular flexibility index (Phi) is 6.79. The van der Waals surface area contributed by atoms with Crippen molar-refractivity contribution < 1.29 is 19.4 Å². The van der Waals surface area contributed by atoms with Crippen molar-refractivity contribution in [2.24, 2.45) is 5.41 Å². The Hall–Kier alpha value is -1.88.